The van der Waals surface area contributed by atoms with Crippen LogP contribution in [0.1, 0.15) is 35.1 Å². The van der Waals surface area contributed by atoms with Crippen LogP contribution in [0.4, 0.5) is 0 Å². The molecule has 0 aromatic heterocycles. The summed E-state index contributed by atoms with van der Waals surface area (Å²) in [6.45, 7) is 0.114. The Morgan fingerprint density at radius 1 is 0.868 bits per heavy atom. The van der Waals surface area contributed by atoms with Crippen LogP contribution in [0.2, 0.25) is 0 Å². The van der Waals surface area contributed by atoms with Crippen LogP contribution in [-0.4, -0.2) is 55.3 Å². The summed E-state index contributed by atoms with van der Waals surface area (Å²) in [5.41, 5.74) is 1.84. The highest BCUT2D eigenvalue weighted by atomic mass is 16.6. The number of likely N-dealkylation sites (tertiary alicyclic amines) is 1. The number of piperidine rings is 1. The number of nitro groups is 1. The highest BCUT2D eigenvalue weighted by molar-refractivity contribution is 5.79. The molecular weight excluding hydrogens is 492 g/mol. The molecule has 0 aliphatic carbocycles. The highest BCUT2D eigenvalue weighted by Gasteiger charge is 2.50. The summed E-state index contributed by atoms with van der Waals surface area (Å²) in [6, 6.07) is 14.4. The predicted molar refractivity (Wildman–Crippen MR) is 139 cm³/mol. The van der Waals surface area contributed by atoms with Gasteiger partial charge in [0, 0.05) is 24.0 Å². The van der Waals surface area contributed by atoms with E-state index in [-0.39, 0.29) is 29.5 Å². The lowest BCUT2D eigenvalue weighted by molar-refractivity contribution is -0.537. The molecule has 3 aromatic carbocycles. The SMILES string of the molecule is COc1cc(OC)cc([C@H]2CC(=O)N(Cc3ccc(OC)c(OC)c3)[C@@H](c3ccc(O)cc3)[C@@H]2[N+](=O)[O-])c1. The Morgan fingerprint density at radius 3 is 2.05 bits per heavy atom. The van der Waals surface area contributed by atoms with Crippen molar-refractivity contribution in [1.29, 1.82) is 0 Å². The molecule has 0 spiro atoms. The van der Waals surface area contributed by atoms with E-state index in [1.807, 2.05) is 0 Å². The van der Waals surface area contributed by atoms with Crippen LogP contribution in [0.3, 0.4) is 0 Å². The van der Waals surface area contributed by atoms with Crippen molar-refractivity contribution in [3.63, 3.8) is 0 Å². The molecule has 38 heavy (non-hydrogen) atoms. The summed E-state index contributed by atoms with van der Waals surface area (Å²) in [4.78, 5) is 27.6. The molecule has 1 saturated heterocycles. The standard InChI is InChI=1S/C28H30N2O8/c1-35-21-12-19(13-22(14-21)36-2)23-15-26(32)29(16-17-5-10-24(37-3)25(11-17)38-4)27(28(23)30(33)34)18-6-8-20(31)9-7-18/h5-14,23,27-28,31H,15-16H2,1-4H3/t23-,27+,28-/m1/s1. The second-order valence-electron chi connectivity index (χ2n) is 8.98. The Labute approximate surface area is 220 Å². The molecular formula is C28H30N2O8. The number of carbonyl (C=O) groups excluding carboxylic acids is 1. The largest absolute Gasteiger partial charge is 0.508 e. The van der Waals surface area contributed by atoms with Gasteiger partial charge < -0.3 is 29.0 Å². The lowest BCUT2D eigenvalue weighted by Crippen LogP contribution is -2.51. The molecule has 1 heterocycles. The molecule has 200 valence electrons. The van der Waals surface area contributed by atoms with E-state index >= 15 is 0 Å². The van der Waals surface area contributed by atoms with E-state index in [0.717, 1.165) is 5.56 Å². The molecule has 3 atom stereocenters. The smallest absolute Gasteiger partial charge is 0.244 e. The fraction of sp³-hybridized carbons (Fsp3) is 0.321. The summed E-state index contributed by atoms with van der Waals surface area (Å²) in [5, 5.41) is 22.6. The van der Waals surface area contributed by atoms with Crippen LogP contribution < -0.4 is 18.9 Å². The van der Waals surface area contributed by atoms with E-state index in [4.69, 9.17) is 18.9 Å². The second kappa shape index (κ2) is 11.3. The number of rotatable bonds is 9. The third-order valence-electron chi connectivity index (χ3n) is 6.87. The Bertz CT molecular complexity index is 1290. The lowest BCUT2D eigenvalue weighted by atomic mass is 9.78. The monoisotopic (exact) mass is 522 g/mol. The zero-order valence-electron chi connectivity index (χ0n) is 21.6. The van der Waals surface area contributed by atoms with E-state index in [1.165, 1.54) is 45.5 Å². The molecule has 1 aliphatic rings. The van der Waals surface area contributed by atoms with Crippen molar-refractivity contribution in [3.8, 4) is 28.7 Å². The minimum absolute atomic E-state index is 0.0223. The molecule has 1 amide bonds. The van der Waals surface area contributed by atoms with E-state index in [1.54, 1.807) is 48.5 Å². The van der Waals surface area contributed by atoms with Gasteiger partial charge in [0.15, 0.2) is 11.5 Å². The Morgan fingerprint density at radius 2 is 1.50 bits per heavy atom. The number of carbonyl (C=O) groups is 1. The molecule has 1 fully saturated rings. The van der Waals surface area contributed by atoms with Crippen molar-refractivity contribution in [2.75, 3.05) is 28.4 Å². The zero-order chi connectivity index (χ0) is 27.4. The molecule has 0 radical (unpaired) electrons. The van der Waals surface area contributed by atoms with Gasteiger partial charge in [-0.2, -0.15) is 0 Å². The average molecular weight is 523 g/mol. The number of nitrogens with zero attached hydrogens (tertiary/aromatic N) is 2. The zero-order valence-corrected chi connectivity index (χ0v) is 21.6. The van der Waals surface area contributed by atoms with Crippen LogP contribution in [0.25, 0.3) is 0 Å². The average Bonchev–Trinajstić information content (AvgIpc) is 2.93. The van der Waals surface area contributed by atoms with Crippen LogP contribution in [0.15, 0.2) is 60.7 Å². The quantitative estimate of drug-likeness (QED) is 0.326. The fourth-order valence-corrected chi connectivity index (χ4v) is 5.02. The number of phenolic OH excluding ortho intramolecular Hbond substituents is 1. The van der Waals surface area contributed by atoms with Gasteiger partial charge in [0.05, 0.1) is 34.4 Å². The maximum absolute atomic E-state index is 13.7. The fourth-order valence-electron chi connectivity index (χ4n) is 5.02. The van der Waals surface area contributed by atoms with Crippen molar-refractivity contribution in [1.82, 2.24) is 4.90 Å². The lowest BCUT2D eigenvalue weighted by Gasteiger charge is -2.41. The first-order chi connectivity index (χ1) is 18.3. The number of ether oxygens (including phenoxy) is 4. The van der Waals surface area contributed by atoms with Gasteiger partial charge in [-0.25, -0.2) is 0 Å². The molecule has 1 aliphatic heterocycles. The molecule has 10 heteroatoms. The van der Waals surface area contributed by atoms with Gasteiger partial charge in [0.2, 0.25) is 11.9 Å². The van der Waals surface area contributed by atoms with Crippen molar-refractivity contribution in [2.24, 2.45) is 0 Å². The normalized spacial score (nSPS) is 19.1. The van der Waals surface area contributed by atoms with E-state index in [2.05, 4.69) is 0 Å². The molecule has 4 rings (SSSR count). The highest BCUT2D eigenvalue weighted by Crippen LogP contribution is 2.44. The molecule has 1 N–H and O–H groups in total. The number of benzene rings is 3. The first-order valence-corrected chi connectivity index (χ1v) is 11.9. The summed E-state index contributed by atoms with van der Waals surface area (Å²) in [5.74, 6) is 0.999. The first kappa shape index (κ1) is 26.6. The number of amides is 1. The molecule has 0 bridgehead atoms. The summed E-state index contributed by atoms with van der Waals surface area (Å²) in [7, 11) is 6.05. The number of hydrogen-bond acceptors (Lipinski definition) is 8. The first-order valence-electron chi connectivity index (χ1n) is 11.9. The molecule has 10 nitrogen and oxygen atoms in total. The van der Waals surface area contributed by atoms with Crippen LogP contribution in [0, 0.1) is 10.1 Å². The van der Waals surface area contributed by atoms with Gasteiger partial charge in [-0.15, -0.1) is 0 Å². The third kappa shape index (κ3) is 5.29. The Balaban J connectivity index is 1.82. The van der Waals surface area contributed by atoms with Crippen molar-refractivity contribution in [2.45, 2.75) is 31.0 Å². The van der Waals surface area contributed by atoms with Gasteiger partial charge >= 0.3 is 0 Å². The molecule has 0 unspecified atom stereocenters. The van der Waals surface area contributed by atoms with E-state index in [9.17, 15) is 20.0 Å². The number of methoxy groups -OCH3 is 4. The topological polar surface area (TPSA) is 121 Å². The van der Waals surface area contributed by atoms with Gasteiger partial charge in [-0.05, 0) is 53.1 Å². The van der Waals surface area contributed by atoms with E-state index < -0.39 is 18.0 Å². The number of hydrogen-bond donors (Lipinski definition) is 1. The van der Waals surface area contributed by atoms with Crippen LogP contribution in [-0.2, 0) is 11.3 Å². The number of aromatic hydroxyl groups is 1. The van der Waals surface area contributed by atoms with Gasteiger partial charge in [0.1, 0.15) is 23.3 Å². The minimum atomic E-state index is -1.19. The maximum atomic E-state index is 13.7. The second-order valence-corrected chi connectivity index (χ2v) is 8.98. The minimum Gasteiger partial charge on any atom is -0.508 e. The Kier molecular flexibility index (Phi) is 7.90. The van der Waals surface area contributed by atoms with Gasteiger partial charge in [-0.3, -0.25) is 14.9 Å². The molecule has 0 saturated carbocycles. The number of phenols is 1. The van der Waals surface area contributed by atoms with Crippen molar-refractivity contribution < 1.29 is 33.8 Å². The summed E-state index contributed by atoms with van der Waals surface area (Å²) < 4.78 is 21.5. The van der Waals surface area contributed by atoms with Crippen molar-refractivity contribution >= 4 is 5.91 Å². The summed E-state index contributed by atoms with van der Waals surface area (Å²) in [6.07, 6.45) is -0.0795. The Hall–Kier alpha value is -4.47. The van der Waals surface area contributed by atoms with Gasteiger partial charge in [-0.1, -0.05) is 18.2 Å². The van der Waals surface area contributed by atoms with E-state index in [0.29, 0.717) is 34.1 Å². The van der Waals surface area contributed by atoms with Crippen LogP contribution in [0.5, 0.6) is 28.7 Å². The molecule has 3 aromatic rings. The maximum Gasteiger partial charge on any atom is 0.244 e. The third-order valence-corrected chi connectivity index (χ3v) is 6.87. The van der Waals surface area contributed by atoms with Crippen LogP contribution >= 0.6 is 0 Å². The van der Waals surface area contributed by atoms with Crippen molar-refractivity contribution in [3.05, 3.63) is 87.5 Å². The van der Waals surface area contributed by atoms with Gasteiger partial charge in [0.25, 0.3) is 0 Å². The predicted octanol–water partition coefficient (Wildman–Crippen LogP) is 4.33. The summed E-state index contributed by atoms with van der Waals surface area (Å²) >= 11 is 0.